The van der Waals surface area contributed by atoms with E-state index in [-0.39, 0.29) is 0 Å². The lowest BCUT2D eigenvalue weighted by Gasteiger charge is -2.41. The SMILES string of the molecule is [O-]N1C(O)CCCC1Cl. The van der Waals surface area contributed by atoms with Crippen LogP contribution in [0.25, 0.3) is 0 Å². The summed E-state index contributed by atoms with van der Waals surface area (Å²) in [6.45, 7) is 0. The minimum Gasteiger partial charge on any atom is -0.782 e. The Labute approximate surface area is 58.8 Å². The summed E-state index contributed by atoms with van der Waals surface area (Å²) in [5.74, 6) is 0. The fourth-order valence-electron chi connectivity index (χ4n) is 0.910. The number of halogens is 1. The molecule has 0 aromatic heterocycles. The van der Waals surface area contributed by atoms with Gasteiger partial charge in [-0.2, -0.15) is 0 Å². The highest BCUT2D eigenvalue weighted by Crippen LogP contribution is 2.22. The Morgan fingerprint density at radius 2 is 2.22 bits per heavy atom. The molecule has 0 aromatic carbocycles. The number of aliphatic hydroxyl groups is 1. The molecule has 1 fully saturated rings. The van der Waals surface area contributed by atoms with Crippen molar-refractivity contribution in [3.63, 3.8) is 0 Å². The lowest BCUT2D eigenvalue weighted by atomic mass is 10.1. The summed E-state index contributed by atoms with van der Waals surface area (Å²) in [5.41, 5.74) is -0.520. The number of piperidine rings is 1. The summed E-state index contributed by atoms with van der Waals surface area (Å²) in [6.07, 6.45) is 1.20. The minimum absolute atomic E-state index is 0.520. The van der Waals surface area contributed by atoms with Crippen LogP contribution in [0.5, 0.6) is 0 Å². The Hall–Kier alpha value is 0.170. The second kappa shape index (κ2) is 2.84. The molecule has 4 heteroatoms. The molecule has 0 bridgehead atoms. The predicted octanol–water partition coefficient (Wildman–Crippen LogP) is 0.853. The smallest absolute Gasteiger partial charge is 0.0967 e. The number of rotatable bonds is 0. The topological polar surface area (TPSA) is 46.5 Å². The van der Waals surface area contributed by atoms with Crippen LogP contribution in [0.15, 0.2) is 0 Å². The molecule has 2 unspecified atom stereocenters. The van der Waals surface area contributed by atoms with Gasteiger partial charge in [-0.05, 0) is 19.3 Å². The molecular weight excluding hydrogens is 142 g/mol. The van der Waals surface area contributed by atoms with Crippen LogP contribution in [0.3, 0.4) is 0 Å². The van der Waals surface area contributed by atoms with E-state index < -0.39 is 11.7 Å². The molecule has 0 aliphatic carbocycles. The second-order valence-electron chi connectivity index (χ2n) is 2.21. The molecule has 54 valence electrons. The van der Waals surface area contributed by atoms with Crippen LogP contribution >= 0.6 is 11.6 Å². The Kier molecular flexibility index (Phi) is 2.29. The number of nitrogens with zero attached hydrogens (tertiary/aromatic N) is 1. The molecule has 0 radical (unpaired) electrons. The fourth-order valence-corrected chi connectivity index (χ4v) is 1.19. The van der Waals surface area contributed by atoms with Crippen molar-refractivity contribution in [2.24, 2.45) is 0 Å². The van der Waals surface area contributed by atoms with Gasteiger partial charge < -0.3 is 15.4 Å². The van der Waals surface area contributed by atoms with Crippen molar-refractivity contribution < 1.29 is 5.11 Å². The monoisotopic (exact) mass is 150 g/mol. The summed E-state index contributed by atoms with van der Waals surface area (Å²) in [7, 11) is 0. The minimum atomic E-state index is -0.874. The number of hydrogen-bond acceptors (Lipinski definition) is 3. The third-order valence-corrected chi connectivity index (χ3v) is 1.89. The number of hydrogen-bond donors (Lipinski definition) is 1. The van der Waals surface area contributed by atoms with Crippen LogP contribution < -0.4 is 0 Å². The van der Waals surface area contributed by atoms with Gasteiger partial charge in [-0.3, -0.25) is 0 Å². The van der Waals surface area contributed by atoms with E-state index >= 15 is 0 Å². The fraction of sp³-hybridized carbons (Fsp3) is 1.00. The van der Waals surface area contributed by atoms with Crippen LogP contribution in [0, 0.1) is 5.21 Å². The second-order valence-corrected chi connectivity index (χ2v) is 2.71. The highest BCUT2D eigenvalue weighted by molar-refractivity contribution is 6.20. The first kappa shape index (κ1) is 7.28. The highest BCUT2D eigenvalue weighted by Gasteiger charge is 2.19. The predicted molar refractivity (Wildman–Crippen MR) is 34.7 cm³/mol. The molecule has 1 heterocycles. The third kappa shape index (κ3) is 1.55. The van der Waals surface area contributed by atoms with Crippen LogP contribution in [0.1, 0.15) is 19.3 Å². The zero-order chi connectivity index (χ0) is 6.85. The number of hydroxylamine groups is 2. The maximum absolute atomic E-state index is 10.7. The Morgan fingerprint density at radius 3 is 2.67 bits per heavy atom. The summed E-state index contributed by atoms with van der Waals surface area (Å²) >= 11 is 5.52. The van der Waals surface area contributed by atoms with E-state index in [4.69, 9.17) is 16.7 Å². The Bertz CT molecular complexity index is 91.0. The van der Waals surface area contributed by atoms with Crippen molar-refractivity contribution in [1.29, 1.82) is 0 Å². The van der Waals surface area contributed by atoms with E-state index in [0.29, 0.717) is 17.9 Å². The molecule has 0 aromatic rings. The summed E-state index contributed by atoms with van der Waals surface area (Å²) < 4.78 is 0. The first-order chi connectivity index (χ1) is 4.22. The highest BCUT2D eigenvalue weighted by atomic mass is 35.5. The van der Waals surface area contributed by atoms with Gasteiger partial charge in [-0.1, -0.05) is 0 Å². The van der Waals surface area contributed by atoms with Gasteiger partial charge in [-0.15, -0.1) is 11.6 Å². The van der Waals surface area contributed by atoms with Gasteiger partial charge in [0.05, 0.1) is 11.7 Å². The zero-order valence-corrected chi connectivity index (χ0v) is 5.71. The maximum atomic E-state index is 10.7. The van der Waals surface area contributed by atoms with Crippen molar-refractivity contribution in [3.05, 3.63) is 5.21 Å². The van der Waals surface area contributed by atoms with E-state index in [9.17, 15) is 5.21 Å². The van der Waals surface area contributed by atoms with Gasteiger partial charge in [0.1, 0.15) is 0 Å². The molecule has 3 nitrogen and oxygen atoms in total. The lowest BCUT2D eigenvalue weighted by Crippen LogP contribution is -2.39. The summed E-state index contributed by atoms with van der Waals surface area (Å²) in [4.78, 5) is 0. The molecule has 9 heavy (non-hydrogen) atoms. The van der Waals surface area contributed by atoms with Crippen LogP contribution in [0.2, 0.25) is 0 Å². The average molecular weight is 151 g/mol. The average Bonchev–Trinajstić information content (AvgIpc) is 1.83. The quantitative estimate of drug-likeness (QED) is 0.412. The molecule has 1 saturated heterocycles. The molecule has 0 amide bonds. The third-order valence-electron chi connectivity index (χ3n) is 1.47. The maximum Gasteiger partial charge on any atom is 0.0967 e. The van der Waals surface area contributed by atoms with E-state index in [1.54, 1.807) is 0 Å². The molecule has 1 aliphatic heterocycles. The molecule has 0 saturated carbocycles. The Morgan fingerprint density at radius 1 is 1.56 bits per heavy atom. The molecule has 2 atom stereocenters. The molecule has 1 rings (SSSR count). The Balaban J connectivity index is 2.41. The van der Waals surface area contributed by atoms with E-state index in [0.717, 1.165) is 6.42 Å². The normalized spacial score (nSPS) is 39.0. The van der Waals surface area contributed by atoms with Gasteiger partial charge in [-0.25, -0.2) is 0 Å². The summed E-state index contributed by atoms with van der Waals surface area (Å²) in [5, 5.41) is 20.1. The number of aliphatic hydroxyl groups excluding tert-OH is 1. The van der Waals surface area contributed by atoms with Crippen LogP contribution in [-0.2, 0) is 0 Å². The van der Waals surface area contributed by atoms with Crippen molar-refractivity contribution in [3.8, 4) is 0 Å². The molecule has 0 spiro atoms. The van der Waals surface area contributed by atoms with Crippen LogP contribution in [-0.4, -0.2) is 21.9 Å². The molecule has 1 aliphatic rings. The van der Waals surface area contributed by atoms with Gasteiger partial charge in [0, 0.05) is 0 Å². The van der Waals surface area contributed by atoms with Gasteiger partial charge in [0.2, 0.25) is 0 Å². The lowest BCUT2D eigenvalue weighted by molar-refractivity contribution is -0.00186. The van der Waals surface area contributed by atoms with Gasteiger partial charge in [0.25, 0.3) is 0 Å². The van der Waals surface area contributed by atoms with Gasteiger partial charge >= 0.3 is 0 Å². The van der Waals surface area contributed by atoms with Crippen molar-refractivity contribution in [1.82, 2.24) is 5.06 Å². The van der Waals surface area contributed by atoms with Crippen molar-refractivity contribution >= 4 is 11.6 Å². The van der Waals surface area contributed by atoms with Crippen molar-refractivity contribution in [2.75, 3.05) is 0 Å². The standard InChI is InChI=1S/C5H9ClNO2/c6-4-2-1-3-5(8)7(4)9/h4-5,8H,1-3H2/q-1. The van der Waals surface area contributed by atoms with Crippen LogP contribution in [0.4, 0.5) is 0 Å². The molecular formula is C5H9ClNO2-. The van der Waals surface area contributed by atoms with Crippen molar-refractivity contribution in [2.45, 2.75) is 31.0 Å². The number of alkyl halides is 1. The molecule has 1 N–H and O–H groups in total. The van der Waals surface area contributed by atoms with E-state index in [1.165, 1.54) is 0 Å². The van der Waals surface area contributed by atoms with E-state index in [2.05, 4.69) is 0 Å². The van der Waals surface area contributed by atoms with E-state index in [1.807, 2.05) is 0 Å². The summed E-state index contributed by atoms with van der Waals surface area (Å²) in [6, 6.07) is 0. The first-order valence-corrected chi connectivity index (χ1v) is 3.43. The zero-order valence-electron chi connectivity index (χ0n) is 4.96. The van der Waals surface area contributed by atoms with Gasteiger partial charge in [0.15, 0.2) is 0 Å². The largest absolute Gasteiger partial charge is 0.782 e. The first-order valence-electron chi connectivity index (χ1n) is 2.99.